The van der Waals surface area contributed by atoms with Crippen molar-refractivity contribution in [2.45, 2.75) is 12.5 Å². The average Bonchev–Trinajstić information content (AvgIpc) is 2.46. The Morgan fingerprint density at radius 1 is 1.16 bits per heavy atom. The lowest BCUT2D eigenvalue weighted by Crippen LogP contribution is -2.46. The van der Waals surface area contributed by atoms with Crippen LogP contribution in [0.1, 0.15) is 18.0 Å². The molecule has 0 aliphatic carbocycles. The van der Waals surface area contributed by atoms with E-state index in [1.54, 1.807) is 7.11 Å². The first-order valence-electron chi connectivity index (χ1n) is 7.01. The zero-order valence-corrected chi connectivity index (χ0v) is 12.0. The fourth-order valence-electron chi connectivity index (χ4n) is 2.68. The predicted molar refractivity (Wildman–Crippen MR) is 78.5 cm³/mol. The molecule has 0 saturated carbocycles. The summed E-state index contributed by atoms with van der Waals surface area (Å²) in [6, 6.07) is 8.84. The van der Waals surface area contributed by atoms with Gasteiger partial charge in [0.05, 0.1) is 7.11 Å². The summed E-state index contributed by atoms with van der Waals surface area (Å²) in [5.74, 6) is 0.911. The SMILES string of the molecule is COc1ccc(C(CCN)N2CCN(C)CC2)cc1. The van der Waals surface area contributed by atoms with E-state index in [-0.39, 0.29) is 0 Å². The Labute approximate surface area is 116 Å². The van der Waals surface area contributed by atoms with Crippen LogP contribution in [-0.2, 0) is 0 Å². The molecule has 0 aromatic heterocycles. The van der Waals surface area contributed by atoms with Crippen molar-refractivity contribution in [2.24, 2.45) is 5.73 Å². The minimum absolute atomic E-state index is 0.435. The molecule has 1 aliphatic rings. The highest BCUT2D eigenvalue weighted by Crippen LogP contribution is 2.26. The first-order valence-corrected chi connectivity index (χ1v) is 7.01. The van der Waals surface area contributed by atoms with Crippen LogP contribution in [0.5, 0.6) is 5.75 Å². The van der Waals surface area contributed by atoms with E-state index in [1.165, 1.54) is 5.56 Å². The maximum Gasteiger partial charge on any atom is 0.118 e. The molecule has 0 amide bonds. The van der Waals surface area contributed by atoms with Crippen molar-refractivity contribution in [3.8, 4) is 5.75 Å². The quantitative estimate of drug-likeness (QED) is 0.870. The van der Waals surface area contributed by atoms with Gasteiger partial charge in [0, 0.05) is 32.2 Å². The molecule has 1 unspecified atom stereocenters. The topological polar surface area (TPSA) is 41.7 Å². The summed E-state index contributed by atoms with van der Waals surface area (Å²) < 4.78 is 5.22. The molecule has 1 aliphatic heterocycles. The molecule has 106 valence electrons. The fourth-order valence-corrected chi connectivity index (χ4v) is 2.68. The number of piperazine rings is 1. The Bertz CT molecular complexity index is 371. The highest BCUT2D eigenvalue weighted by atomic mass is 16.5. The van der Waals surface area contributed by atoms with Gasteiger partial charge in [-0.05, 0) is 37.7 Å². The first kappa shape index (κ1) is 14.3. The maximum absolute atomic E-state index is 5.80. The molecule has 2 rings (SSSR count). The smallest absolute Gasteiger partial charge is 0.118 e. The standard InChI is InChI=1S/C15H25N3O/c1-17-9-11-18(12-10-17)15(7-8-16)13-3-5-14(19-2)6-4-13/h3-6,15H,7-12,16H2,1-2H3. The summed E-state index contributed by atoms with van der Waals surface area (Å²) in [5.41, 5.74) is 7.14. The van der Waals surface area contributed by atoms with Crippen LogP contribution >= 0.6 is 0 Å². The Hall–Kier alpha value is -1.10. The first-order chi connectivity index (χ1) is 9.24. The summed E-state index contributed by atoms with van der Waals surface area (Å²) in [4.78, 5) is 4.93. The van der Waals surface area contributed by atoms with Gasteiger partial charge >= 0.3 is 0 Å². The van der Waals surface area contributed by atoms with Gasteiger partial charge in [-0.3, -0.25) is 4.90 Å². The lowest BCUT2D eigenvalue weighted by molar-refractivity contribution is 0.108. The van der Waals surface area contributed by atoms with Crippen LogP contribution < -0.4 is 10.5 Å². The number of nitrogens with two attached hydrogens (primary N) is 1. The third-order valence-electron chi connectivity index (χ3n) is 3.92. The van der Waals surface area contributed by atoms with Crippen molar-refractivity contribution in [1.29, 1.82) is 0 Å². The van der Waals surface area contributed by atoms with E-state index >= 15 is 0 Å². The zero-order chi connectivity index (χ0) is 13.7. The van der Waals surface area contributed by atoms with Crippen LogP contribution in [0.2, 0.25) is 0 Å². The van der Waals surface area contributed by atoms with Crippen LogP contribution in [0.3, 0.4) is 0 Å². The second-order valence-corrected chi connectivity index (χ2v) is 5.21. The predicted octanol–water partition coefficient (Wildman–Crippen LogP) is 1.33. The molecule has 19 heavy (non-hydrogen) atoms. The van der Waals surface area contributed by atoms with Gasteiger partial charge in [0.2, 0.25) is 0 Å². The van der Waals surface area contributed by atoms with Gasteiger partial charge in [0.25, 0.3) is 0 Å². The zero-order valence-electron chi connectivity index (χ0n) is 12.0. The normalized spacial score (nSPS) is 19.3. The van der Waals surface area contributed by atoms with Gasteiger partial charge < -0.3 is 15.4 Å². The van der Waals surface area contributed by atoms with E-state index in [9.17, 15) is 0 Å². The highest BCUT2D eigenvalue weighted by Gasteiger charge is 2.23. The van der Waals surface area contributed by atoms with Gasteiger partial charge in [0.1, 0.15) is 5.75 Å². The highest BCUT2D eigenvalue weighted by molar-refractivity contribution is 5.29. The van der Waals surface area contributed by atoms with Gasteiger partial charge in [0.15, 0.2) is 0 Å². The Morgan fingerprint density at radius 2 is 1.79 bits per heavy atom. The van der Waals surface area contributed by atoms with Crippen LogP contribution in [0.15, 0.2) is 24.3 Å². The van der Waals surface area contributed by atoms with E-state index in [0.717, 1.165) is 44.9 Å². The molecule has 2 N–H and O–H groups in total. The van der Waals surface area contributed by atoms with Gasteiger partial charge in [-0.1, -0.05) is 12.1 Å². The molecular weight excluding hydrogens is 238 g/mol. The van der Waals surface area contributed by atoms with E-state index in [4.69, 9.17) is 10.5 Å². The van der Waals surface area contributed by atoms with Crippen molar-refractivity contribution in [3.05, 3.63) is 29.8 Å². The van der Waals surface area contributed by atoms with E-state index < -0.39 is 0 Å². The number of hydrogen-bond donors (Lipinski definition) is 1. The van der Waals surface area contributed by atoms with Gasteiger partial charge in [-0.15, -0.1) is 0 Å². The summed E-state index contributed by atoms with van der Waals surface area (Å²) in [6.45, 7) is 5.23. The molecule has 1 aromatic carbocycles. The number of rotatable bonds is 5. The van der Waals surface area contributed by atoms with Crippen molar-refractivity contribution >= 4 is 0 Å². The lowest BCUT2D eigenvalue weighted by Gasteiger charge is -2.38. The molecule has 0 radical (unpaired) electrons. The largest absolute Gasteiger partial charge is 0.497 e. The molecule has 0 spiro atoms. The number of hydrogen-bond acceptors (Lipinski definition) is 4. The molecule has 4 heteroatoms. The maximum atomic E-state index is 5.80. The van der Waals surface area contributed by atoms with E-state index in [0.29, 0.717) is 6.04 Å². The molecule has 1 atom stereocenters. The molecule has 1 fully saturated rings. The summed E-state index contributed by atoms with van der Waals surface area (Å²) >= 11 is 0. The van der Waals surface area contributed by atoms with Crippen LogP contribution in [0.4, 0.5) is 0 Å². The minimum Gasteiger partial charge on any atom is -0.497 e. The van der Waals surface area contributed by atoms with Crippen molar-refractivity contribution in [1.82, 2.24) is 9.80 Å². The van der Waals surface area contributed by atoms with Crippen molar-refractivity contribution in [2.75, 3.05) is 46.9 Å². The van der Waals surface area contributed by atoms with Crippen LogP contribution in [-0.4, -0.2) is 56.7 Å². The third kappa shape index (κ3) is 3.69. The summed E-state index contributed by atoms with van der Waals surface area (Å²) in [6.07, 6.45) is 1.01. The molecular formula is C15H25N3O. The third-order valence-corrected chi connectivity index (χ3v) is 3.92. The van der Waals surface area contributed by atoms with E-state index in [1.807, 2.05) is 12.1 Å². The molecule has 4 nitrogen and oxygen atoms in total. The Morgan fingerprint density at radius 3 is 2.32 bits per heavy atom. The van der Waals surface area contributed by atoms with Crippen LogP contribution in [0.25, 0.3) is 0 Å². The average molecular weight is 263 g/mol. The fraction of sp³-hybridized carbons (Fsp3) is 0.600. The molecule has 1 saturated heterocycles. The Balaban J connectivity index is 2.09. The Kier molecular flexibility index (Phi) is 5.19. The number of benzene rings is 1. The van der Waals surface area contributed by atoms with Gasteiger partial charge in [-0.25, -0.2) is 0 Å². The summed E-state index contributed by atoms with van der Waals surface area (Å²) in [5, 5.41) is 0. The number of ether oxygens (including phenoxy) is 1. The second kappa shape index (κ2) is 6.89. The van der Waals surface area contributed by atoms with Crippen LogP contribution in [0, 0.1) is 0 Å². The molecule has 0 bridgehead atoms. The molecule has 1 aromatic rings. The van der Waals surface area contributed by atoms with E-state index in [2.05, 4.69) is 29.0 Å². The van der Waals surface area contributed by atoms with Crippen molar-refractivity contribution in [3.63, 3.8) is 0 Å². The number of nitrogens with zero attached hydrogens (tertiary/aromatic N) is 2. The summed E-state index contributed by atoms with van der Waals surface area (Å²) in [7, 11) is 3.88. The number of methoxy groups -OCH3 is 1. The lowest BCUT2D eigenvalue weighted by atomic mass is 10.0. The number of likely N-dealkylation sites (N-methyl/N-ethyl adjacent to an activating group) is 1. The van der Waals surface area contributed by atoms with Gasteiger partial charge in [-0.2, -0.15) is 0 Å². The monoisotopic (exact) mass is 263 g/mol. The second-order valence-electron chi connectivity index (χ2n) is 5.21. The van der Waals surface area contributed by atoms with Crippen molar-refractivity contribution < 1.29 is 4.74 Å². The minimum atomic E-state index is 0.435. The molecule has 1 heterocycles.